The minimum absolute atomic E-state index is 0.172. The summed E-state index contributed by atoms with van der Waals surface area (Å²) in [6, 6.07) is 10.4. The first-order chi connectivity index (χ1) is 10.3. The first kappa shape index (κ1) is 14.3. The third-order valence-electron chi connectivity index (χ3n) is 4.21. The molecule has 0 atom stereocenters. The molecule has 1 aliphatic rings. The fourth-order valence-corrected chi connectivity index (χ4v) is 3.59. The zero-order chi connectivity index (χ0) is 14.7. The number of likely N-dealkylation sites (tertiary alicyclic amines) is 1. The van der Waals surface area contributed by atoms with Crippen molar-refractivity contribution in [3.8, 4) is 0 Å². The third-order valence-corrected chi connectivity index (χ3v) is 4.89. The van der Waals surface area contributed by atoms with Crippen LogP contribution in [-0.4, -0.2) is 23.9 Å². The molecule has 21 heavy (non-hydrogen) atoms. The number of rotatable bonds is 3. The van der Waals surface area contributed by atoms with Crippen LogP contribution in [0.15, 0.2) is 41.1 Å². The van der Waals surface area contributed by atoms with Crippen LogP contribution in [0.5, 0.6) is 0 Å². The molecule has 0 aliphatic carbocycles. The van der Waals surface area contributed by atoms with Crippen molar-refractivity contribution in [1.82, 2.24) is 4.90 Å². The van der Waals surface area contributed by atoms with E-state index in [2.05, 4.69) is 24.3 Å². The van der Waals surface area contributed by atoms with Crippen molar-refractivity contribution < 1.29 is 4.79 Å². The quantitative estimate of drug-likeness (QED) is 0.946. The van der Waals surface area contributed by atoms with Gasteiger partial charge in [-0.3, -0.25) is 4.79 Å². The molecule has 0 radical (unpaired) electrons. The monoisotopic (exact) mass is 300 g/mol. The minimum Gasteiger partial charge on any atom is -0.339 e. The van der Waals surface area contributed by atoms with Crippen molar-refractivity contribution >= 4 is 17.2 Å². The fraction of sp³-hybridized carbons (Fsp3) is 0.353. The summed E-state index contributed by atoms with van der Waals surface area (Å²) in [6.45, 7) is 2.27. The Kier molecular flexibility index (Phi) is 4.36. The van der Waals surface area contributed by atoms with Crippen molar-refractivity contribution in [3.63, 3.8) is 0 Å². The van der Waals surface area contributed by atoms with Crippen LogP contribution < -0.4 is 5.73 Å². The van der Waals surface area contributed by atoms with Crippen molar-refractivity contribution in [2.24, 2.45) is 5.73 Å². The van der Waals surface area contributed by atoms with E-state index in [9.17, 15) is 4.79 Å². The Hall–Kier alpha value is -1.65. The molecule has 1 fully saturated rings. The highest BCUT2D eigenvalue weighted by Crippen LogP contribution is 2.29. The first-order valence-electron chi connectivity index (χ1n) is 7.38. The highest BCUT2D eigenvalue weighted by Gasteiger charge is 2.24. The van der Waals surface area contributed by atoms with Gasteiger partial charge in [0, 0.05) is 25.0 Å². The molecule has 2 aromatic rings. The van der Waals surface area contributed by atoms with Crippen LogP contribution in [0.3, 0.4) is 0 Å². The Balaban J connectivity index is 1.63. The van der Waals surface area contributed by atoms with E-state index in [0.717, 1.165) is 31.5 Å². The van der Waals surface area contributed by atoms with Crippen molar-refractivity contribution in [3.05, 3.63) is 57.8 Å². The number of carbonyl (C=O) groups is 1. The molecule has 1 amide bonds. The molecule has 1 saturated heterocycles. The summed E-state index contributed by atoms with van der Waals surface area (Å²) in [5.74, 6) is 0.716. The number of benzene rings is 1. The van der Waals surface area contributed by atoms with Gasteiger partial charge in [0.2, 0.25) is 0 Å². The van der Waals surface area contributed by atoms with E-state index >= 15 is 0 Å². The number of thiophene rings is 1. The topological polar surface area (TPSA) is 46.3 Å². The maximum Gasteiger partial charge on any atom is 0.254 e. The minimum atomic E-state index is 0.172. The number of piperidine rings is 1. The SMILES string of the molecule is NCc1cccc(C2CCN(C(=O)c3ccsc3)CC2)c1. The van der Waals surface area contributed by atoms with Gasteiger partial charge in [-0.2, -0.15) is 11.3 Å². The Morgan fingerprint density at radius 2 is 2.10 bits per heavy atom. The molecule has 1 aromatic carbocycles. The summed E-state index contributed by atoms with van der Waals surface area (Å²) in [5, 5.41) is 3.89. The highest BCUT2D eigenvalue weighted by atomic mass is 32.1. The molecule has 0 saturated carbocycles. The lowest BCUT2D eigenvalue weighted by Crippen LogP contribution is -2.37. The molecule has 2 N–H and O–H groups in total. The van der Waals surface area contributed by atoms with Gasteiger partial charge in [-0.05, 0) is 41.3 Å². The van der Waals surface area contributed by atoms with E-state index in [0.29, 0.717) is 12.5 Å². The van der Waals surface area contributed by atoms with Crippen LogP contribution in [0, 0.1) is 0 Å². The van der Waals surface area contributed by atoms with E-state index in [1.807, 2.05) is 21.7 Å². The molecule has 4 heteroatoms. The second-order valence-electron chi connectivity index (χ2n) is 5.53. The van der Waals surface area contributed by atoms with Crippen LogP contribution in [0.4, 0.5) is 0 Å². The lowest BCUT2D eigenvalue weighted by atomic mass is 9.88. The van der Waals surface area contributed by atoms with Crippen molar-refractivity contribution in [1.29, 1.82) is 0 Å². The molecular weight excluding hydrogens is 280 g/mol. The average molecular weight is 300 g/mol. The molecule has 3 rings (SSSR count). The number of carbonyl (C=O) groups excluding carboxylic acids is 1. The second kappa shape index (κ2) is 6.41. The summed E-state index contributed by atoms with van der Waals surface area (Å²) >= 11 is 1.57. The first-order valence-corrected chi connectivity index (χ1v) is 8.32. The molecule has 110 valence electrons. The van der Waals surface area contributed by atoms with Gasteiger partial charge in [0.25, 0.3) is 5.91 Å². The van der Waals surface area contributed by atoms with Gasteiger partial charge in [0.15, 0.2) is 0 Å². The Morgan fingerprint density at radius 1 is 1.29 bits per heavy atom. The van der Waals surface area contributed by atoms with Crippen LogP contribution >= 0.6 is 11.3 Å². The molecule has 3 nitrogen and oxygen atoms in total. The van der Waals surface area contributed by atoms with Crippen LogP contribution in [-0.2, 0) is 6.54 Å². The predicted molar refractivity (Wildman–Crippen MR) is 86.5 cm³/mol. The summed E-state index contributed by atoms with van der Waals surface area (Å²) in [4.78, 5) is 14.3. The molecule has 0 unspecified atom stereocenters. The lowest BCUT2D eigenvalue weighted by molar-refractivity contribution is 0.0713. The number of hydrogen-bond acceptors (Lipinski definition) is 3. The summed E-state index contributed by atoms with van der Waals surface area (Å²) in [6.07, 6.45) is 2.06. The highest BCUT2D eigenvalue weighted by molar-refractivity contribution is 7.08. The van der Waals surface area contributed by atoms with Gasteiger partial charge in [-0.15, -0.1) is 0 Å². The van der Waals surface area contributed by atoms with E-state index in [1.54, 1.807) is 11.3 Å². The van der Waals surface area contributed by atoms with E-state index in [4.69, 9.17) is 5.73 Å². The lowest BCUT2D eigenvalue weighted by Gasteiger charge is -2.32. The number of amides is 1. The second-order valence-corrected chi connectivity index (χ2v) is 6.31. The normalized spacial score (nSPS) is 16.1. The average Bonchev–Trinajstić information content (AvgIpc) is 3.09. The van der Waals surface area contributed by atoms with E-state index in [1.165, 1.54) is 11.1 Å². The van der Waals surface area contributed by atoms with Gasteiger partial charge in [-0.1, -0.05) is 24.3 Å². The zero-order valence-corrected chi connectivity index (χ0v) is 12.8. The smallest absolute Gasteiger partial charge is 0.254 e. The standard InChI is InChI=1S/C17H20N2OS/c18-11-13-2-1-3-15(10-13)14-4-7-19(8-5-14)17(20)16-6-9-21-12-16/h1-3,6,9-10,12,14H,4-5,7-8,11,18H2. The Labute approximate surface area is 129 Å². The van der Waals surface area contributed by atoms with Crippen LogP contribution in [0.2, 0.25) is 0 Å². The van der Waals surface area contributed by atoms with E-state index < -0.39 is 0 Å². The third kappa shape index (κ3) is 3.17. The largest absolute Gasteiger partial charge is 0.339 e. The molecular formula is C17H20N2OS. The summed E-state index contributed by atoms with van der Waals surface area (Å²) in [7, 11) is 0. The maximum absolute atomic E-state index is 12.3. The van der Waals surface area contributed by atoms with Crippen molar-refractivity contribution in [2.45, 2.75) is 25.3 Å². The Morgan fingerprint density at radius 3 is 2.76 bits per heavy atom. The van der Waals surface area contributed by atoms with Gasteiger partial charge in [0.1, 0.15) is 0 Å². The van der Waals surface area contributed by atoms with Crippen molar-refractivity contribution in [2.75, 3.05) is 13.1 Å². The molecule has 0 spiro atoms. The number of nitrogens with zero attached hydrogens (tertiary/aromatic N) is 1. The maximum atomic E-state index is 12.3. The molecule has 1 aromatic heterocycles. The Bertz CT molecular complexity index is 601. The van der Waals surface area contributed by atoms with Gasteiger partial charge >= 0.3 is 0 Å². The number of nitrogens with two attached hydrogens (primary N) is 1. The summed E-state index contributed by atoms with van der Waals surface area (Å²) < 4.78 is 0. The molecule has 2 heterocycles. The molecule has 1 aliphatic heterocycles. The van der Waals surface area contributed by atoms with Crippen LogP contribution in [0.25, 0.3) is 0 Å². The van der Waals surface area contributed by atoms with Crippen LogP contribution in [0.1, 0.15) is 40.2 Å². The zero-order valence-electron chi connectivity index (χ0n) is 12.0. The molecule has 0 bridgehead atoms. The fourth-order valence-electron chi connectivity index (χ4n) is 2.96. The van der Waals surface area contributed by atoms with Gasteiger partial charge in [0.05, 0.1) is 5.56 Å². The summed E-state index contributed by atoms with van der Waals surface area (Å²) in [5.41, 5.74) is 9.08. The van der Waals surface area contributed by atoms with Gasteiger partial charge in [-0.25, -0.2) is 0 Å². The predicted octanol–water partition coefficient (Wildman–Crippen LogP) is 3.23. The van der Waals surface area contributed by atoms with E-state index in [-0.39, 0.29) is 5.91 Å². The van der Waals surface area contributed by atoms with Gasteiger partial charge < -0.3 is 10.6 Å². The number of hydrogen-bond donors (Lipinski definition) is 1.